The number of carbonyl (C=O) groups excluding carboxylic acids is 1. The molecule has 2 N–H and O–H groups in total. The van der Waals surface area contributed by atoms with Crippen molar-refractivity contribution >= 4 is 44.3 Å². The molecule has 2 rings (SSSR count). The number of ether oxygens (including phenoxy) is 1. The van der Waals surface area contributed by atoms with Crippen LogP contribution >= 0.6 is 11.6 Å². The number of aromatic carboxylic acids is 1. The van der Waals surface area contributed by atoms with E-state index >= 15 is 0 Å². The van der Waals surface area contributed by atoms with Crippen LogP contribution < -0.4 is 9.13 Å². The van der Waals surface area contributed by atoms with Gasteiger partial charge in [-0.1, -0.05) is 0 Å². The summed E-state index contributed by atoms with van der Waals surface area (Å²) in [6.45, 7) is 0. The molecule has 0 saturated heterocycles. The average molecular weight is 395 g/mol. The second kappa shape index (κ2) is 7.06. The van der Waals surface area contributed by atoms with Crippen LogP contribution in [0.25, 0.3) is 0 Å². The molecule has 0 heterocycles. The Morgan fingerprint density at radius 3 is 2.39 bits per heavy atom. The zero-order valence-electron chi connectivity index (χ0n) is 12.6. The number of methoxy groups -OCH3 is 1. The molecule has 0 amide bonds. The molecular formula is C16H15ClGeO5. The molecule has 2 aromatic carbocycles. The summed E-state index contributed by atoms with van der Waals surface area (Å²) in [5.74, 6) is -1.44. The summed E-state index contributed by atoms with van der Waals surface area (Å²) in [5.41, 5.74) is 0.401. The van der Waals surface area contributed by atoms with E-state index in [0.29, 0.717) is 20.7 Å². The maximum atomic E-state index is 12.3. The van der Waals surface area contributed by atoms with Gasteiger partial charge in [-0.2, -0.15) is 0 Å². The summed E-state index contributed by atoms with van der Waals surface area (Å²) < 4.78 is 5.67. The van der Waals surface area contributed by atoms with E-state index in [1.54, 1.807) is 24.3 Å². The van der Waals surface area contributed by atoms with Gasteiger partial charge in [0.2, 0.25) is 0 Å². The summed E-state index contributed by atoms with van der Waals surface area (Å²) in [6.07, 6.45) is -0.152. The molecule has 0 atom stereocenters. The molecular weight excluding hydrogens is 380 g/mol. The number of benzene rings is 2. The van der Waals surface area contributed by atoms with Crippen LogP contribution in [0.5, 0.6) is 11.5 Å². The van der Waals surface area contributed by atoms with Crippen LogP contribution in [-0.2, 0) is 6.42 Å². The number of carbonyl (C=O) groups is 2. The number of aromatic hydroxyl groups is 1. The number of halogens is 1. The van der Waals surface area contributed by atoms with Crippen LogP contribution in [0.2, 0.25) is 5.02 Å². The van der Waals surface area contributed by atoms with Gasteiger partial charge in [0.15, 0.2) is 0 Å². The molecule has 2 aromatic rings. The third-order valence-electron chi connectivity index (χ3n) is 3.54. The summed E-state index contributed by atoms with van der Waals surface area (Å²) in [6, 6.07) is 7.84. The first-order valence-corrected chi connectivity index (χ1v) is 9.24. The number of hydrogen-bond donors (Lipinski definition) is 2. The van der Waals surface area contributed by atoms with Crippen molar-refractivity contribution in [1.29, 1.82) is 0 Å². The van der Waals surface area contributed by atoms with Gasteiger partial charge >= 0.3 is 146 Å². The van der Waals surface area contributed by atoms with Crippen LogP contribution in [0, 0.1) is 0 Å². The van der Waals surface area contributed by atoms with E-state index in [2.05, 4.69) is 0 Å². The molecule has 120 valence electrons. The molecule has 7 heteroatoms. The van der Waals surface area contributed by atoms with Gasteiger partial charge in [-0.05, 0) is 0 Å². The summed E-state index contributed by atoms with van der Waals surface area (Å²) >= 11 is 5.81. The Hall–Kier alpha value is -1.99. The number of rotatable bonds is 5. The number of ketones is 1. The summed E-state index contributed by atoms with van der Waals surface area (Å²) in [4.78, 5) is 23.8. The van der Waals surface area contributed by atoms with E-state index in [9.17, 15) is 19.8 Å². The van der Waals surface area contributed by atoms with Crippen LogP contribution in [0.3, 0.4) is 0 Å². The van der Waals surface area contributed by atoms with Gasteiger partial charge in [0.05, 0.1) is 0 Å². The molecule has 0 radical (unpaired) electrons. The fraction of sp³-hybridized carbons (Fsp3) is 0.125. The molecule has 0 aromatic heterocycles. The zero-order chi connectivity index (χ0) is 17.1. The van der Waals surface area contributed by atoms with Crippen LogP contribution in [0.1, 0.15) is 26.3 Å². The van der Waals surface area contributed by atoms with E-state index in [1.807, 2.05) is 0 Å². The predicted octanol–water partition coefficient (Wildman–Crippen LogP) is 1.17. The molecule has 0 aliphatic heterocycles. The monoisotopic (exact) mass is 396 g/mol. The van der Waals surface area contributed by atoms with Crippen molar-refractivity contribution in [2.75, 3.05) is 7.11 Å². The van der Waals surface area contributed by atoms with Crippen LogP contribution in [0.4, 0.5) is 0 Å². The molecule has 5 nitrogen and oxygen atoms in total. The Bertz CT molecular complexity index is 771. The maximum absolute atomic E-state index is 12.3. The molecule has 0 unspecified atom stereocenters. The summed E-state index contributed by atoms with van der Waals surface area (Å²) in [5, 5.41) is 20.0. The molecule has 0 spiro atoms. The van der Waals surface area contributed by atoms with Crippen LogP contribution in [0.15, 0.2) is 30.3 Å². The number of Topliss-reactive ketones (excluding diaryl/α,β-unsaturated/α-hetero) is 1. The Balaban J connectivity index is 2.45. The van der Waals surface area contributed by atoms with Gasteiger partial charge in [0.25, 0.3) is 0 Å². The number of phenols is 1. The van der Waals surface area contributed by atoms with Crippen molar-refractivity contribution in [3.8, 4) is 11.5 Å². The van der Waals surface area contributed by atoms with Crippen molar-refractivity contribution < 1.29 is 24.5 Å². The van der Waals surface area contributed by atoms with Gasteiger partial charge in [-0.3, -0.25) is 0 Å². The normalized spacial score (nSPS) is 10.5. The minimum atomic E-state index is -1.27. The standard InChI is InChI=1S/C16H15ClGeO5/c1-23-12-7-9(13(16(21)22)15(20)14(12)18)6-11(19)8-2-4-10(17)5-3-8/h2-5,7,20H,6H2,1,18H3,(H,21,22). The molecule has 0 fully saturated rings. The fourth-order valence-electron chi connectivity index (χ4n) is 2.30. The molecule has 0 aliphatic rings. The van der Waals surface area contributed by atoms with Crippen molar-refractivity contribution in [3.63, 3.8) is 0 Å². The zero-order valence-corrected chi connectivity index (χ0v) is 17.5. The van der Waals surface area contributed by atoms with Crippen molar-refractivity contribution in [2.45, 2.75) is 6.42 Å². The van der Waals surface area contributed by atoms with E-state index in [0.717, 1.165) is 0 Å². The number of carboxylic acids is 1. The Morgan fingerprint density at radius 2 is 1.87 bits per heavy atom. The van der Waals surface area contributed by atoms with Gasteiger partial charge in [-0.25, -0.2) is 0 Å². The van der Waals surface area contributed by atoms with E-state index < -0.39 is 5.97 Å². The second-order valence-electron chi connectivity index (χ2n) is 5.00. The predicted molar refractivity (Wildman–Crippen MR) is 90.7 cm³/mol. The minimum absolute atomic E-state index is 0.0192. The van der Waals surface area contributed by atoms with Gasteiger partial charge in [-0.15, -0.1) is 0 Å². The van der Waals surface area contributed by atoms with Crippen molar-refractivity contribution in [3.05, 3.63) is 52.0 Å². The summed E-state index contributed by atoms with van der Waals surface area (Å²) in [7, 11) is 1.44. The topological polar surface area (TPSA) is 83.8 Å². The quantitative estimate of drug-likeness (QED) is 0.587. The Labute approximate surface area is 146 Å². The van der Waals surface area contributed by atoms with E-state index in [4.69, 9.17) is 16.3 Å². The van der Waals surface area contributed by atoms with Crippen molar-refractivity contribution in [1.82, 2.24) is 0 Å². The average Bonchev–Trinajstić information content (AvgIpc) is 2.50. The van der Waals surface area contributed by atoms with Crippen molar-refractivity contribution in [2.24, 2.45) is 0 Å². The number of carboxylic acid groups (broad SMARTS) is 1. The fourth-order valence-corrected chi connectivity index (χ4v) is 3.68. The van der Waals surface area contributed by atoms with Gasteiger partial charge in [0.1, 0.15) is 0 Å². The van der Waals surface area contributed by atoms with E-state index in [1.165, 1.54) is 13.2 Å². The molecule has 23 heavy (non-hydrogen) atoms. The third-order valence-corrected chi connectivity index (χ3v) is 5.82. The Morgan fingerprint density at radius 1 is 1.26 bits per heavy atom. The third kappa shape index (κ3) is 3.68. The van der Waals surface area contributed by atoms with Gasteiger partial charge < -0.3 is 0 Å². The Kier molecular flexibility index (Phi) is 5.33. The SMILES string of the molecule is COc1cc(CC(=O)c2ccc(Cl)cc2)c(C(=O)O)c(O)[c]1[GeH3]. The van der Waals surface area contributed by atoms with Gasteiger partial charge in [0, 0.05) is 0 Å². The van der Waals surface area contributed by atoms with Crippen LogP contribution in [-0.4, -0.2) is 45.6 Å². The van der Waals surface area contributed by atoms with E-state index in [-0.39, 0.29) is 45.6 Å². The second-order valence-corrected chi connectivity index (χ2v) is 7.53. The molecule has 0 aliphatic carbocycles. The molecule has 0 saturated carbocycles. The first-order chi connectivity index (χ1) is 10.8. The number of hydrogen-bond acceptors (Lipinski definition) is 4. The molecule has 0 bridgehead atoms. The first-order valence-electron chi connectivity index (χ1n) is 6.76. The first kappa shape index (κ1) is 17.4.